The Labute approximate surface area is 331 Å². The fraction of sp³-hybridized carbons (Fsp3) is 0.526. The van der Waals surface area contributed by atoms with Crippen molar-refractivity contribution >= 4 is 71.8 Å². The summed E-state index contributed by atoms with van der Waals surface area (Å²) < 4.78 is 58.4. The van der Waals surface area contributed by atoms with Gasteiger partial charge in [0.2, 0.25) is 10.0 Å². The number of hydrogen-bond donors (Lipinski definition) is 0. The minimum Gasteiger partial charge on any atom is -0.397 e. The molecule has 0 aliphatic rings. The Balaban J connectivity index is 2.36. The summed E-state index contributed by atoms with van der Waals surface area (Å²) in [5, 5.41) is 0. The molecule has 0 aliphatic heterocycles. The van der Waals surface area contributed by atoms with E-state index >= 15 is 8.42 Å². The second-order valence-electron chi connectivity index (χ2n) is 13.1. The van der Waals surface area contributed by atoms with Gasteiger partial charge in [0.1, 0.15) is 0 Å². The summed E-state index contributed by atoms with van der Waals surface area (Å²) in [6.07, 6.45) is -2.08. The second-order valence-corrected chi connectivity index (χ2v) is 28.7. The number of rotatable bonds is 22. The fourth-order valence-corrected chi connectivity index (χ4v) is 15.6. The topological polar surface area (TPSA) is 74.3 Å². The molecule has 0 saturated heterocycles. The van der Waals surface area contributed by atoms with Crippen molar-refractivity contribution in [1.29, 1.82) is 0 Å². The van der Waals surface area contributed by atoms with Crippen LogP contribution in [-0.2, 0) is 41.6 Å². The number of alkyl halides is 2. The molecule has 3 aromatic carbocycles. The van der Waals surface area contributed by atoms with Crippen LogP contribution in [0.1, 0.15) is 66.5 Å². The number of benzene rings is 3. The van der Waals surface area contributed by atoms with E-state index in [9.17, 15) is 0 Å². The molecule has 4 atom stereocenters. The van der Waals surface area contributed by atoms with E-state index in [1.165, 1.54) is 4.31 Å². The van der Waals surface area contributed by atoms with E-state index < -0.39 is 46.3 Å². The monoisotopic (exact) mass is 965 g/mol. The first kappa shape index (κ1) is 43.7. The van der Waals surface area contributed by atoms with E-state index in [0.29, 0.717) is 0 Å². The van der Waals surface area contributed by atoms with E-state index in [1.54, 1.807) is 24.3 Å². The average Bonchev–Trinajstić information content (AvgIpc) is 3.14. The van der Waals surface area contributed by atoms with Crippen LogP contribution in [0.2, 0.25) is 36.3 Å². The van der Waals surface area contributed by atoms with Gasteiger partial charge in [0, 0.05) is 0 Å². The van der Waals surface area contributed by atoms with E-state index in [0.717, 1.165) is 47.4 Å². The highest BCUT2D eigenvalue weighted by atomic mass is 127. The number of sulfonamides is 1. The molecule has 0 bridgehead atoms. The Kier molecular flexibility index (Phi) is 17.1. The Morgan fingerprint density at radius 1 is 0.580 bits per heavy atom. The minimum atomic E-state index is -4.27. The number of ether oxygens (including phenoxy) is 2. The Morgan fingerprint density at radius 2 is 0.880 bits per heavy atom. The highest BCUT2D eigenvalue weighted by Gasteiger charge is 2.56. The Morgan fingerprint density at radius 3 is 1.18 bits per heavy atom. The molecule has 0 spiro atoms. The summed E-state index contributed by atoms with van der Waals surface area (Å²) in [6.45, 7) is 17.4. The van der Waals surface area contributed by atoms with E-state index in [-0.39, 0.29) is 18.1 Å². The van der Waals surface area contributed by atoms with Gasteiger partial charge < -0.3 is 18.3 Å². The average molecular weight is 966 g/mol. The third-order valence-corrected chi connectivity index (χ3v) is 22.7. The summed E-state index contributed by atoms with van der Waals surface area (Å²) in [6, 6.07) is 33.5. The van der Waals surface area contributed by atoms with Crippen molar-refractivity contribution in [2.45, 2.75) is 129 Å². The van der Waals surface area contributed by atoms with Gasteiger partial charge in [0.25, 0.3) is 0 Å². The van der Waals surface area contributed by atoms with Crippen molar-refractivity contribution in [3.8, 4) is 0 Å². The first-order valence-electron chi connectivity index (χ1n) is 17.9. The normalized spacial score (nSPS) is 16.5. The summed E-state index contributed by atoms with van der Waals surface area (Å²) in [7, 11) is -9.23. The molecule has 50 heavy (non-hydrogen) atoms. The maximum Gasteiger partial charge on any atom is 0.247 e. The number of halogens is 2. The van der Waals surface area contributed by atoms with Gasteiger partial charge in [-0.25, -0.2) is 8.42 Å². The van der Waals surface area contributed by atoms with Crippen molar-refractivity contribution in [2.24, 2.45) is 0 Å². The molecule has 0 radical (unpaired) electrons. The van der Waals surface area contributed by atoms with Gasteiger partial charge in [-0.15, -0.1) is 4.31 Å². The molecule has 0 aromatic heterocycles. The van der Waals surface area contributed by atoms with Gasteiger partial charge in [0.15, 0.2) is 36.3 Å². The van der Waals surface area contributed by atoms with Crippen LogP contribution in [-0.4, -0.2) is 49.0 Å². The van der Waals surface area contributed by atoms with Gasteiger partial charge in [-0.3, -0.25) is 0 Å². The fourth-order valence-electron chi connectivity index (χ4n) is 6.07. The minimum absolute atomic E-state index is 0.168. The molecule has 0 amide bonds. The molecule has 0 N–H and O–H groups in total. The van der Waals surface area contributed by atoms with Crippen molar-refractivity contribution in [1.82, 2.24) is 4.31 Å². The lowest BCUT2D eigenvalue weighted by atomic mass is 10.2. The summed E-state index contributed by atoms with van der Waals surface area (Å²) in [5.41, 5.74) is 1.98. The molecule has 7 nitrogen and oxygen atoms in total. The molecule has 3 aromatic rings. The zero-order valence-electron chi connectivity index (χ0n) is 31.0. The molecular weight excluding hydrogens is 908 g/mol. The summed E-state index contributed by atoms with van der Waals surface area (Å²) in [4.78, 5) is 0.168. The summed E-state index contributed by atoms with van der Waals surface area (Å²) >= 11 is 4.53. The smallest absolute Gasteiger partial charge is 0.247 e. The van der Waals surface area contributed by atoms with Gasteiger partial charge >= 0.3 is 0 Å². The van der Waals surface area contributed by atoms with Crippen molar-refractivity contribution in [3.63, 3.8) is 0 Å². The Hall–Kier alpha value is -0.696. The largest absolute Gasteiger partial charge is 0.397 e. The maximum absolute atomic E-state index is 15.4. The molecular formula is C38H57I2NO6SSi2. The molecule has 0 heterocycles. The molecule has 0 saturated carbocycles. The SMILES string of the molecule is CC[Si](CC)(CC)OC(N(C(O[Si](CC)(CC)CC)C(C)(I)OCc1ccccc1)S(=O)(=O)c1ccccc1)C(C)(I)OCc1ccccc1. The van der Waals surface area contributed by atoms with Crippen LogP contribution in [0, 0.1) is 0 Å². The Bertz CT molecular complexity index is 1430. The van der Waals surface area contributed by atoms with E-state index in [1.807, 2.05) is 80.6 Å². The van der Waals surface area contributed by atoms with Crippen LogP contribution in [0.3, 0.4) is 0 Å². The lowest BCUT2D eigenvalue weighted by Crippen LogP contribution is -2.66. The molecule has 12 heteroatoms. The predicted octanol–water partition coefficient (Wildman–Crippen LogP) is 11.1. The van der Waals surface area contributed by atoms with Gasteiger partial charge in [0.05, 0.1) is 18.1 Å². The lowest BCUT2D eigenvalue weighted by Gasteiger charge is -2.51. The third kappa shape index (κ3) is 11.2. The predicted molar refractivity (Wildman–Crippen MR) is 227 cm³/mol. The lowest BCUT2D eigenvalue weighted by molar-refractivity contribution is -0.156. The van der Waals surface area contributed by atoms with Crippen LogP contribution in [0.5, 0.6) is 0 Å². The highest BCUT2D eigenvalue weighted by molar-refractivity contribution is 14.1. The van der Waals surface area contributed by atoms with Crippen LogP contribution >= 0.6 is 45.2 Å². The molecule has 3 rings (SSSR count). The molecule has 4 unspecified atom stereocenters. The van der Waals surface area contributed by atoms with Crippen molar-refractivity contribution in [3.05, 3.63) is 102 Å². The highest BCUT2D eigenvalue weighted by Crippen LogP contribution is 2.44. The molecule has 0 fully saturated rings. The number of nitrogens with zero attached hydrogens (tertiary/aromatic N) is 1. The van der Waals surface area contributed by atoms with Gasteiger partial charge in [-0.2, -0.15) is 0 Å². The summed E-state index contributed by atoms with van der Waals surface area (Å²) in [5.74, 6) is 0. The standard InChI is InChI=1S/C38H57I2NO6SSi2/c1-9-49(10-2,11-3)46-35(37(7,39)44-30-32-24-18-15-19-25-32)41(48(42,43)34-28-22-17-23-29-34)36(47-50(12-4,13-5)14-6)38(8,40)45-31-33-26-20-16-21-27-33/h15-29,35-36H,9-14,30-31H2,1-8H3. The third-order valence-electron chi connectivity index (χ3n) is 9.98. The first-order valence-corrected chi connectivity index (χ1v) is 26.5. The van der Waals surface area contributed by atoms with E-state index in [2.05, 4.69) is 86.7 Å². The number of hydrogen-bond acceptors (Lipinski definition) is 6. The van der Waals surface area contributed by atoms with Gasteiger partial charge in [-0.05, 0) is 119 Å². The van der Waals surface area contributed by atoms with Crippen molar-refractivity contribution in [2.75, 3.05) is 0 Å². The van der Waals surface area contributed by atoms with Crippen LogP contribution in [0.4, 0.5) is 0 Å². The first-order chi connectivity index (χ1) is 23.7. The zero-order chi connectivity index (χ0) is 37.1. The second kappa shape index (κ2) is 19.6. The van der Waals surface area contributed by atoms with Gasteiger partial charge in [-0.1, -0.05) is 120 Å². The van der Waals surface area contributed by atoms with E-state index in [4.69, 9.17) is 18.3 Å². The molecule has 278 valence electrons. The molecule has 0 aliphatic carbocycles. The maximum atomic E-state index is 15.4. The quantitative estimate of drug-likeness (QED) is 0.0432. The van der Waals surface area contributed by atoms with Crippen LogP contribution in [0.15, 0.2) is 95.9 Å². The van der Waals surface area contributed by atoms with Crippen molar-refractivity contribution < 1.29 is 26.7 Å². The zero-order valence-corrected chi connectivity index (χ0v) is 38.2. The van der Waals surface area contributed by atoms with Crippen LogP contribution < -0.4 is 0 Å². The van der Waals surface area contributed by atoms with Crippen LogP contribution in [0.25, 0.3) is 0 Å².